The van der Waals surface area contributed by atoms with Crippen molar-refractivity contribution in [2.45, 2.75) is 26.9 Å². The third-order valence-electron chi connectivity index (χ3n) is 3.00. The van der Waals surface area contributed by atoms with Crippen LogP contribution in [0.1, 0.15) is 23.9 Å². The summed E-state index contributed by atoms with van der Waals surface area (Å²) in [6.07, 6.45) is 0. The summed E-state index contributed by atoms with van der Waals surface area (Å²) in [6, 6.07) is 7.28. The van der Waals surface area contributed by atoms with Crippen molar-refractivity contribution in [3.05, 3.63) is 44.6 Å². The van der Waals surface area contributed by atoms with E-state index >= 15 is 0 Å². The van der Waals surface area contributed by atoms with Crippen LogP contribution in [-0.2, 0) is 13.1 Å². The van der Waals surface area contributed by atoms with Gasteiger partial charge in [-0.15, -0.1) is 0 Å². The third-order valence-corrected chi connectivity index (χ3v) is 4.34. The molecule has 0 radical (unpaired) electrons. The number of hydrogen-bond acceptors (Lipinski definition) is 3. The molecule has 6 heteroatoms. The van der Waals surface area contributed by atoms with Gasteiger partial charge in [-0.1, -0.05) is 11.6 Å². The maximum absolute atomic E-state index is 8.82. The average molecular weight is 354 g/mol. The zero-order valence-corrected chi connectivity index (χ0v) is 13.6. The molecule has 0 spiro atoms. The molecule has 0 saturated carbocycles. The molecule has 0 unspecified atom stereocenters. The number of rotatable bonds is 4. The average Bonchev–Trinajstić information content (AvgIpc) is 2.73. The van der Waals surface area contributed by atoms with Gasteiger partial charge in [-0.05, 0) is 48.0 Å². The van der Waals surface area contributed by atoms with E-state index in [2.05, 4.69) is 39.3 Å². The molecule has 0 aliphatic heterocycles. The van der Waals surface area contributed by atoms with Gasteiger partial charge in [-0.2, -0.15) is 10.4 Å². The smallest absolute Gasteiger partial charge is 0.0992 e. The molecule has 0 amide bonds. The number of nitriles is 1. The van der Waals surface area contributed by atoms with Crippen LogP contribution in [0, 0.1) is 18.3 Å². The van der Waals surface area contributed by atoms with Crippen LogP contribution in [0.4, 0.5) is 5.69 Å². The van der Waals surface area contributed by atoms with Crippen LogP contribution in [0.5, 0.6) is 0 Å². The Hall–Kier alpha value is -1.51. The van der Waals surface area contributed by atoms with Crippen molar-refractivity contribution in [3.63, 3.8) is 0 Å². The van der Waals surface area contributed by atoms with Crippen LogP contribution in [0.15, 0.2) is 22.7 Å². The number of hydrogen-bond donors (Lipinski definition) is 1. The fraction of sp³-hybridized carbons (Fsp3) is 0.286. The Balaban J connectivity index is 2.19. The quantitative estimate of drug-likeness (QED) is 0.900. The van der Waals surface area contributed by atoms with Crippen LogP contribution in [0.2, 0.25) is 5.02 Å². The zero-order chi connectivity index (χ0) is 14.7. The van der Waals surface area contributed by atoms with Crippen molar-refractivity contribution in [2.75, 3.05) is 5.32 Å². The van der Waals surface area contributed by atoms with E-state index in [0.29, 0.717) is 17.1 Å². The number of anilines is 1. The molecule has 1 aromatic heterocycles. The highest BCUT2D eigenvalue weighted by atomic mass is 79.9. The van der Waals surface area contributed by atoms with Gasteiger partial charge in [-0.3, -0.25) is 4.68 Å². The van der Waals surface area contributed by atoms with Gasteiger partial charge in [-0.25, -0.2) is 0 Å². The molecule has 0 fully saturated rings. The van der Waals surface area contributed by atoms with Crippen molar-refractivity contribution >= 4 is 33.2 Å². The summed E-state index contributed by atoms with van der Waals surface area (Å²) in [4.78, 5) is 0. The monoisotopic (exact) mass is 352 g/mol. The van der Waals surface area contributed by atoms with Crippen molar-refractivity contribution < 1.29 is 0 Å². The maximum Gasteiger partial charge on any atom is 0.0992 e. The molecular formula is C14H14BrClN4. The molecule has 104 valence electrons. The lowest BCUT2D eigenvalue weighted by Gasteiger charge is -2.10. The van der Waals surface area contributed by atoms with Crippen molar-refractivity contribution in [2.24, 2.45) is 0 Å². The Morgan fingerprint density at radius 1 is 1.50 bits per heavy atom. The molecule has 1 heterocycles. The fourth-order valence-corrected chi connectivity index (χ4v) is 2.62. The molecule has 20 heavy (non-hydrogen) atoms. The van der Waals surface area contributed by atoms with E-state index in [0.717, 1.165) is 28.1 Å². The first-order chi connectivity index (χ1) is 9.56. The minimum absolute atomic E-state index is 0.541. The molecule has 0 saturated heterocycles. The number of nitrogens with zero attached hydrogens (tertiary/aromatic N) is 3. The summed E-state index contributed by atoms with van der Waals surface area (Å²) in [5.41, 5.74) is 3.40. The van der Waals surface area contributed by atoms with Crippen LogP contribution in [0.3, 0.4) is 0 Å². The summed E-state index contributed by atoms with van der Waals surface area (Å²) in [7, 11) is 0. The SMILES string of the molecule is CCn1nc(C)c(Br)c1CNc1ccc(C#N)cc1Cl. The maximum atomic E-state index is 8.82. The highest BCUT2D eigenvalue weighted by molar-refractivity contribution is 9.10. The van der Waals surface area contributed by atoms with Crippen molar-refractivity contribution in [1.29, 1.82) is 5.26 Å². The van der Waals surface area contributed by atoms with Crippen LogP contribution in [-0.4, -0.2) is 9.78 Å². The summed E-state index contributed by atoms with van der Waals surface area (Å²) >= 11 is 9.70. The number of aromatic nitrogens is 2. The predicted molar refractivity (Wildman–Crippen MR) is 83.8 cm³/mol. The van der Waals surface area contributed by atoms with Gasteiger partial charge in [0.1, 0.15) is 0 Å². The van der Waals surface area contributed by atoms with E-state index < -0.39 is 0 Å². The van der Waals surface area contributed by atoms with Crippen LogP contribution >= 0.6 is 27.5 Å². The first-order valence-electron chi connectivity index (χ1n) is 6.22. The second-order valence-corrected chi connectivity index (χ2v) is 5.52. The van der Waals surface area contributed by atoms with Crippen molar-refractivity contribution in [3.8, 4) is 6.07 Å². The molecule has 0 aliphatic carbocycles. The van der Waals surface area contributed by atoms with Gasteiger partial charge in [0.2, 0.25) is 0 Å². The Labute approximate surface area is 131 Å². The molecule has 4 nitrogen and oxygen atoms in total. The van der Waals surface area contributed by atoms with Gasteiger partial charge < -0.3 is 5.32 Å². The van der Waals surface area contributed by atoms with Gasteiger partial charge in [0, 0.05) is 6.54 Å². The second-order valence-electron chi connectivity index (χ2n) is 4.32. The van der Waals surface area contributed by atoms with E-state index in [-0.39, 0.29) is 0 Å². The minimum atomic E-state index is 0.541. The number of halogens is 2. The fourth-order valence-electron chi connectivity index (χ4n) is 1.94. The molecule has 2 rings (SSSR count). The normalized spacial score (nSPS) is 10.3. The number of benzene rings is 1. The Bertz CT molecular complexity index is 673. The molecule has 0 aliphatic rings. The number of aryl methyl sites for hydroxylation is 2. The van der Waals surface area contributed by atoms with Crippen LogP contribution in [0.25, 0.3) is 0 Å². The van der Waals surface area contributed by atoms with Gasteiger partial charge >= 0.3 is 0 Å². The molecule has 0 atom stereocenters. The molecule has 1 aromatic carbocycles. The summed E-state index contributed by atoms with van der Waals surface area (Å²) in [5.74, 6) is 0. The Kier molecular flexibility index (Phi) is 4.69. The lowest BCUT2D eigenvalue weighted by molar-refractivity contribution is 0.622. The number of nitrogens with one attached hydrogen (secondary N) is 1. The summed E-state index contributed by atoms with van der Waals surface area (Å²) in [5, 5.41) is 17.1. The van der Waals surface area contributed by atoms with Crippen molar-refractivity contribution in [1.82, 2.24) is 9.78 Å². The zero-order valence-electron chi connectivity index (χ0n) is 11.2. The van der Waals surface area contributed by atoms with Gasteiger partial charge in [0.25, 0.3) is 0 Å². The lowest BCUT2D eigenvalue weighted by atomic mass is 10.2. The Morgan fingerprint density at radius 2 is 2.25 bits per heavy atom. The summed E-state index contributed by atoms with van der Waals surface area (Å²) in [6.45, 7) is 5.44. The summed E-state index contributed by atoms with van der Waals surface area (Å²) < 4.78 is 2.96. The third kappa shape index (κ3) is 2.97. The molecule has 0 bridgehead atoms. The highest BCUT2D eigenvalue weighted by Gasteiger charge is 2.12. The van der Waals surface area contributed by atoms with E-state index in [1.165, 1.54) is 0 Å². The van der Waals surface area contributed by atoms with E-state index in [4.69, 9.17) is 16.9 Å². The largest absolute Gasteiger partial charge is 0.378 e. The minimum Gasteiger partial charge on any atom is -0.378 e. The lowest BCUT2D eigenvalue weighted by Crippen LogP contribution is -2.08. The second kappa shape index (κ2) is 6.29. The van der Waals surface area contributed by atoms with E-state index in [9.17, 15) is 0 Å². The topological polar surface area (TPSA) is 53.6 Å². The first-order valence-corrected chi connectivity index (χ1v) is 7.39. The molecular weight excluding hydrogens is 340 g/mol. The van der Waals surface area contributed by atoms with Gasteiger partial charge in [0.15, 0.2) is 0 Å². The Morgan fingerprint density at radius 3 is 2.85 bits per heavy atom. The van der Waals surface area contributed by atoms with E-state index in [1.54, 1.807) is 12.1 Å². The predicted octanol–water partition coefficient (Wildman–Crippen LogP) is 4.11. The van der Waals surface area contributed by atoms with Gasteiger partial charge in [0.05, 0.1) is 44.7 Å². The highest BCUT2D eigenvalue weighted by Crippen LogP contribution is 2.26. The first kappa shape index (κ1) is 14.9. The van der Waals surface area contributed by atoms with Crippen LogP contribution < -0.4 is 5.32 Å². The molecule has 1 N–H and O–H groups in total. The molecule has 2 aromatic rings. The standard InChI is InChI=1S/C14H14BrClN4/c1-3-20-13(14(15)9(2)19-20)8-18-12-5-4-10(7-17)6-11(12)16/h4-6,18H,3,8H2,1-2H3. The van der Waals surface area contributed by atoms with E-state index in [1.807, 2.05) is 17.7 Å².